The number of carbonyl (C=O) groups excluding carboxylic acids is 1. The molecule has 3 aliphatic heterocycles. The molecule has 5 heteroatoms. The normalized spacial score (nSPS) is 33.4. The molecule has 0 aromatic heterocycles. The summed E-state index contributed by atoms with van der Waals surface area (Å²) >= 11 is 0. The van der Waals surface area contributed by atoms with Gasteiger partial charge in [-0.05, 0) is 12.1 Å². The van der Waals surface area contributed by atoms with E-state index in [4.69, 9.17) is 14.2 Å². The van der Waals surface area contributed by atoms with Gasteiger partial charge in [-0.3, -0.25) is 4.79 Å². The lowest BCUT2D eigenvalue weighted by Gasteiger charge is -2.50. The fraction of sp³-hybridized carbons (Fsp3) is 0.500. The summed E-state index contributed by atoms with van der Waals surface area (Å²) in [5.41, 5.74) is -0.116. The van der Waals surface area contributed by atoms with Gasteiger partial charge in [-0.25, -0.2) is 4.39 Å². The SMILES string of the molecule is CC12COC(CC(=O)c3ccccc3F)(OC1)OC2. The molecule has 3 fully saturated rings. The minimum absolute atomic E-state index is 0.0339. The van der Waals surface area contributed by atoms with Gasteiger partial charge in [-0.2, -0.15) is 0 Å². The first kappa shape index (κ1) is 12.7. The molecule has 0 aliphatic carbocycles. The highest BCUT2D eigenvalue weighted by atomic mass is 19.1. The van der Waals surface area contributed by atoms with Crippen LogP contribution in [0.1, 0.15) is 23.7 Å². The van der Waals surface area contributed by atoms with Gasteiger partial charge < -0.3 is 14.2 Å². The maximum absolute atomic E-state index is 13.6. The third kappa shape index (κ3) is 2.29. The highest BCUT2D eigenvalue weighted by Crippen LogP contribution is 2.40. The second-order valence-corrected chi connectivity index (χ2v) is 5.44. The number of halogens is 1. The van der Waals surface area contributed by atoms with Crippen molar-refractivity contribution in [1.29, 1.82) is 0 Å². The zero-order valence-electron chi connectivity index (χ0n) is 10.6. The lowest BCUT2D eigenvalue weighted by molar-refractivity contribution is -0.462. The zero-order valence-corrected chi connectivity index (χ0v) is 10.6. The lowest BCUT2D eigenvalue weighted by Crippen LogP contribution is -2.59. The smallest absolute Gasteiger partial charge is 0.290 e. The summed E-state index contributed by atoms with van der Waals surface area (Å²) < 4.78 is 30.1. The van der Waals surface area contributed by atoms with E-state index >= 15 is 0 Å². The largest absolute Gasteiger partial charge is 0.326 e. The number of carbonyl (C=O) groups is 1. The van der Waals surface area contributed by atoms with Crippen molar-refractivity contribution >= 4 is 5.78 Å². The van der Waals surface area contributed by atoms with Crippen molar-refractivity contribution in [1.82, 2.24) is 0 Å². The predicted molar refractivity (Wildman–Crippen MR) is 64.0 cm³/mol. The van der Waals surface area contributed by atoms with Gasteiger partial charge in [0.2, 0.25) is 0 Å². The van der Waals surface area contributed by atoms with Crippen LogP contribution >= 0.6 is 0 Å². The highest BCUT2D eigenvalue weighted by molar-refractivity contribution is 5.96. The van der Waals surface area contributed by atoms with Crippen LogP contribution in [0.3, 0.4) is 0 Å². The molecule has 1 aromatic carbocycles. The van der Waals surface area contributed by atoms with Gasteiger partial charge in [0.1, 0.15) is 5.82 Å². The van der Waals surface area contributed by atoms with E-state index in [1.54, 1.807) is 12.1 Å². The van der Waals surface area contributed by atoms with Gasteiger partial charge >= 0.3 is 0 Å². The van der Waals surface area contributed by atoms with Crippen LogP contribution in [0.4, 0.5) is 4.39 Å². The fourth-order valence-corrected chi connectivity index (χ4v) is 2.23. The van der Waals surface area contributed by atoms with Gasteiger partial charge in [0, 0.05) is 5.41 Å². The molecule has 102 valence electrons. The molecular formula is C14H15FO4. The summed E-state index contributed by atoms with van der Waals surface area (Å²) in [7, 11) is 0. The Balaban J connectivity index is 1.76. The monoisotopic (exact) mass is 266 g/mol. The molecule has 2 bridgehead atoms. The van der Waals surface area contributed by atoms with Gasteiger partial charge in [-0.15, -0.1) is 0 Å². The van der Waals surface area contributed by atoms with Crippen molar-refractivity contribution in [2.75, 3.05) is 19.8 Å². The summed E-state index contributed by atoms with van der Waals surface area (Å²) in [6.07, 6.45) is -0.135. The number of ether oxygens (including phenoxy) is 3. The van der Waals surface area contributed by atoms with Crippen LogP contribution in [-0.2, 0) is 14.2 Å². The third-order valence-corrected chi connectivity index (χ3v) is 3.47. The van der Waals surface area contributed by atoms with E-state index in [1.807, 2.05) is 6.92 Å². The molecule has 0 amide bonds. The van der Waals surface area contributed by atoms with Crippen LogP contribution < -0.4 is 0 Å². The quantitative estimate of drug-likeness (QED) is 0.786. The number of rotatable bonds is 3. The molecule has 0 radical (unpaired) electrons. The molecule has 4 rings (SSSR count). The summed E-state index contributed by atoms with van der Waals surface area (Å²) in [5.74, 6) is -2.26. The van der Waals surface area contributed by atoms with E-state index in [9.17, 15) is 9.18 Å². The van der Waals surface area contributed by atoms with Gasteiger partial charge in [0.05, 0.1) is 31.8 Å². The molecule has 0 saturated carbocycles. The number of hydrogen-bond acceptors (Lipinski definition) is 4. The lowest BCUT2D eigenvalue weighted by atomic mass is 9.91. The van der Waals surface area contributed by atoms with Crippen molar-refractivity contribution in [2.45, 2.75) is 19.3 Å². The summed E-state index contributed by atoms with van der Waals surface area (Å²) in [6, 6.07) is 5.87. The first-order chi connectivity index (χ1) is 9.02. The van der Waals surface area contributed by atoms with Crippen LogP contribution in [0.15, 0.2) is 24.3 Å². The number of hydrogen-bond donors (Lipinski definition) is 0. The first-order valence-corrected chi connectivity index (χ1v) is 6.22. The molecule has 1 aromatic rings. The van der Waals surface area contributed by atoms with Crippen molar-refractivity contribution in [3.05, 3.63) is 35.6 Å². The molecule has 19 heavy (non-hydrogen) atoms. The Kier molecular flexibility index (Phi) is 2.92. The van der Waals surface area contributed by atoms with Gasteiger partial charge in [-0.1, -0.05) is 19.1 Å². The Morgan fingerprint density at radius 1 is 1.21 bits per heavy atom. The van der Waals surface area contributed by atoms with Crippen molar-refractivity contribution in [2.24, 2.45) is 5.41 Å². The average molecular weight is 266 g/mol. The number of benzene rings is 1. The highest BCUT2D eigenvalue weighted by Gasteiger charge is 2.51. The molecule has 4 nitrogen and oxygen atoms in total. The second-order valence-electron chi connectivity index (χ2n) is 5.44. The number of ketones is 1. The summed E-state index contributed by atoms with van der Waals surface area (Å²) in [6.45, 7) is 3.45. The third-order valence-electron chi connectivity index (χ3n) is 3.47. The molecular weight excluding hydrogens is 251 g/mol. The summed E-state index contributed by atoms with van der Waals surface area (Å²) in [4.78, 5) is 12.1. The summed E-state index contributed by atoms with van der Waals surface area (Å²) in [5, 5.41) is 0. The van der Waals surface area contributed by atoms with Crippen LogP contribution in [0.25, 0.3) is 0 Å². The number of fused-ring (bicyclic) bond motifs is 3. The van der Waals surface area contributed by atoms with E-state index < -0.39 is 11.8 Å². The van der Waals surface area contributed by atoms with Crippen LogP contribution in [0, 0.1) is 11.2 Å². The van der Waals surface area contributed by atoms with Gasteiger partial charge in [0.25, 0.3) is 5.97 Å². The Bertz CT molecular complexity index is 489. The molecule has 3 saturated heterocycles. The van der Waals surface area contributed by atoms with Crippen molar-refractivity contribution in [3.8, 4) is 0 Å². The standard InChI is InChI=1S/C14H15FO4/c1-13-7-17-14(18-8-13,19-9-13)6-12(16)10-4-2-3-5-11(10)15/h2-5H,6-9H2,1H3. The van der Waals surface area contributed by atoms with E-state index in [0.717, 1.165) is 0 Å². The molecule has 0 unspecified atom stereocenters. The first-order valence-electron chi connectivity index (χ1n) is 6.22. The Hall–Kier alpha value is -1.30. The van der Waals surface area contributed by atoms with Crippen LogP contribution in [0.2, 0.25) is 0 Å². The van der Waals surface area contributed by atoms with E-state index in [2.05, 4.69) is 0 Å². The maximum atomic E-state index is 13.6. The zero-order chi connectivity index (χ0) is 13.5. The van der Waals surface area contributed by atoms with Crippen LogP contribution in [-0.4, -0.2) is 31.6 Å². The Morgan fingerprint density at radius 2 is 1.79 bits per heavy atom. The Morgan fingerprint density at radius 3 is 2.37 bits per heavy atom. The maximum Gasteiger partial charge on any atom is 0.290 e. The molecule has 0 atom stereocenters. The minimum Gasteiger partial charge on any atom is -0.326 e. The Labute approximate surface area is 110 Å². The predicted octanol–water partition coefficient (Wildman–Crippen LogP) is 2.14. The molecule has 0 spiro atoms. The van der Waals surface area contributed by atoms with E-state index in [0.29, 0.717) is 19.8 Å². The molecule has 3 heterocycles. The molecule has 3 aliphatic rings. The van der Waals surface area contributed by atoms with E-state index in [1.165, 1.54) is 12.1 Å². The topological polar surface area (TPSA) is 44.8 Å². The van der Waals surface area contributed by atoms with Crippen molar-refractivity contribution in [3.63, 3.8) is 0 Å². The fourth-order valence-electron chi connectivity index (χ4n) is 2.23. The van der Waals surface area contributed by atoms with Crippen LogP contribution in [0.5, 0.6) is 0 Å². The minimum atomic E-state index is -1.34. The van der Waals surface area contributed by atoms with Gasteiger partial charge in [0.15, 0.2) is 5.78 Å². The van der Waals surface area contributed by atoms with Crippen molar-refractivity contribution < 1.29 is 23.4 Å². The molecule has 0 N–H and O–H groups in total. The second kappa shape index (κ2) is 4.37. The average Bonchev–Trinajstić information content (AvgIpc) is 2.41. The number of Topliss-reactive ketones (excluding diaryl/α,β-unsaturated/α-hetero) is 1. The van der Waals surface area contributed by atoms with E-state index in [-0.39, 0.29) is 23.2 Å².